The number of hydrogen-bond donors (Lipinski definition) is 1. The van der Waals surface area contributed by atoms with Crippen molar-refractivity contribution in [2.24, 2.45) is 0 Å². The summed E-state index contributed by atoms with van der Waals surface area (Å²) in [4.78, 5) is 25.9. The molecular formula is C21H24N4O2S. The summed E-state index contributed by atoms with van der Waals surface area (Å²) in [5.74, 6) is 1.52. The van der Waals surface area contributed by atoms with E-state index in [1.807, 2.05) is 25.1 Å². The van der Waals surface area contributed by atoms with Gasteiger partial charge in [-0.1, -0.05) is 6.07 Å². The molecule has 7 heteroatoms. The number of rotatable bonds is 4. The first-order valence-electron chi connectivity index (χ1n) is 9.54. The molecule has 1 atom stereocenters. The molecule has 0 radical (unpaired) electrons. The van der Waals surface area contributed by atoms with Gasteiger partial charge in [0.05, 0.1) is 17.4 Å². The fourth-order valence-electron chi connectivity index (χ4n) is 3.79. The van der Waals surface area contributed by atoms with Crippen LogP contribution in [-0.4, -0.2) is 35.6 Å². The number of anilines is 2. The number of benzene rings is 1. The Balaban J connectivity index is 1.69. The van der Waals surface area contributed by atoms with Crippen molar-refractivity contribution in [2.75, 3.05) is 23.9 Å². The van der Waals surface area contributed by atoms with Crippen molar-refractivity contribution >= 4 is 39.0 Å². The van der Waals surface area contributed by atoms with Crippen molar-refractivity contribution < 1.29 is 9.53 Å². The molecule has 1 amide bonds. The van der Waals surface area contributed by atoms with E-state index in [-0.39, 0.29) is 5.91 Å². The Kier molecular flexibility index (Phi) is 5.17. The van der Waals surface area contributed by atoms with Crippen LogP contribution in [0.5, 0.6) is 5.75 Å². The lowest BCUT2D eigenvalue weighted by atomic mass is 10.0. The highest BCUT2D eigenvalue weighted by molar-refractivity contribution is 7.20. The number of nitrogens with zero attached hydrogens (tertiary/aromatic N) is 3. The first kappa shape index (κ1) is 18.7. The SMILES string of the molecule is COc1cccc(NC(=O)c2sc3ncnc(N4CCCCC4C)c3c2C)c1. The monoisotopic (exact) mass is 396 g/mol. The van der Waals surface area contributed by atoms with Crippen LogP contribution in [0.1, 0.15) is 41.4 Å². The molecule has 4 rings (SSSR count). The number of nitrogens with one attached hydrogen (secondary N) is 1. The lowest BCUT2D eigenvalue weighted by Crippen LogP contribution is -2.38. The molecule has 28 heavy (non-hydrogen) atoms. The van der Waals surface area contributed by atoms with Crippen LogP contribution in [0.2, 0.25) is 0 Å². The minimum absolute atomic E-state index is 0.133. The van der Waals surface area contributed by atoms with Crippen LogP contribution >= 0.6 is 11.3 Å². The molecule has 1 aliphatic rings. The Labute approximate surface area is 168 Å². The van der Waals surface area contributed by atoms with Crippen LogP contribution in [0.3, 0.4) is 0 Å². The molecule has 6 nitrogen and oxygen atoms in total. The van der Waals surface area contributed by atoms with Gasteiger partial charge in [0.25, 0.3) is 5.91 Å². The number of ether oxygens (including phenoxy) is 1. The second kappa shape index (κ2) is 7.75. The van der Waals surface area contributed by atoms with Crippen molar-refractivity contribution in [1.82, 2.24) is 9.97 Å². The van der Waals surface area contributed by atoms with Gasteiger partial charge < -0.3 is 15.0 Å². The van der Waals surface area contributed by atoms with E-state index in [1.54, 1.807) is 19.5 Å². The maximum absolute atomic E-state index is 13.0. The third-order valence-electron chi connectivity index (χ3n) is 5.32. The number of hydrogen-bond acceptors (Lipinski definition) is 6. The Hall–Kier alpha value is -2.67. The highest BCUT2D eigenvalue weighted by Crippen LogP contribution is 2.37. The first-order chi connectivity index (χ1) is 13.6. The van der Waals surface area contributed by atoms with Gasteiger partial charge in [-0.15, -0.1) is 11.3 Å². The normalized spacial score (nSPS) is 17.0. The van der Waals surface area contributed by atoms with Gasteiger partial charge in [0.15, 0.2) is 0 Å². The molecule has 2 aromatic heterocycles. The molecule has 146 valence electrons. The fourth-order valence-corrected chi connectivity index (χ4v) is 4.83. The van der Waals surface area contributed by atoms with Crippen LogP contribution in [0.4, 0.5) is 11.5 Å². The van der Waals surface area contributed by atoms with E-state index in [0.717, 1.165) is 34.6 Å². The molecule has 1 fully saturated rings. The Bertz CT molecular complexity index is 1020. The van der Waals surface area contributed by atoms with Crippen molar-refractivity contribution in [3.63, 3.8) is 0 Å². The first-order valence-corrected chi connectivity index (χ1v) is 10.4. The van der Waals surface area contributed by atoms with Gasteiger partial charge in [-0.3, -0.25) is 4.79 Å². The molecule has 0 aliphatic carbocycles. The second-order valence-corrected chi connectivity index (χ2v) is 8.16. The van der Waals surface area contributed by atoms with Crippen LogP contribution in [0, 0.1) is 6.92 Å². The minimum Gasteiger partial charge on any atom is -0.497 e. The molecule has 1 aliphatic heterocycles. The van der Waals surface area contributed by atoms with Crippen LogP contribution in [0.25, 0.3) is 10.2 Å². The molecule has 1 saturated heterocycles. The number of carbonyl (C=O) groups is 1. The van der Waals surface area contributed by atoms with E-state index in [1.165, 1.54) is 24.2 Å². The fraction of sp³-hybridized carbons (Fsp3) is 0.381. The summed E-state index contributed by atoms with van der Waals surface area (Å²) in [6.45, 7) is 5.22. The number of aromatic nitrogens is 2. The number of methoxy groups -OCH3 is 1. The molecule has 1 N–H and O–H groups in total. The average molecular weight is 397 g/mol. The van der Waals surface area contributed by atoms with Gasteiger partial charge in [-0.2, -0.15) is 0 Å². The minimum atomic E-state index is -0.133. The van der Waals surface area contributed by atoms with Gasteiger partial charge >= 0.3 is 0 Å². The summed E-state index contributed by atoms with van der Waals surface area (Å²) in [6.07, 6.45) is 5.20. The van der Waals surface area contributed by atoms with Gasteiger partial charge in [0.2, 0.25) is 0 Å². The largest absolute Gasteiger partial charge is 0.497 e. The standard InChI is InChI=1S/C21H24N4O2S/c1-13-7-4-5-10-25(13)19-17-14(2)18(28-21(17)23-12-22-19)20(26)24-15-8-6-9-16(11-15)27-3/h6,8-9,11-13H,4-5,7,10H2,1-3H3,(H,24,26). The van der Waals surface area contributed by atoms with Crippen LogP contribution in [0.15, 0.2) is 30.6 Å². The molecular weight excluding hydrogens is 372 g/mol. The Morgan fingerprint density at radius 2 is 2.18 bits per heavy atom. The van der Waals surface area contributed by atoms with Crippen molar-refractivity contribution in [2.45, 2.75) is 39.2 Å². The molecule has 1 aromatic carbocycles. The topological polar surface area (TPSA) is 67.3 Å². The summed E-state index contributed by atoms with van der Waals surface area (Å²) in [5, 5.41) is 3.97. The number of carbonyl (C=O) groups excluding carboxylic acids is 1. The quantitative estimate of drug-likeness (QED) is 0.696. The molecule has 0 saturated carbocycles. The zero-order valence-electron chi connectivity index (χ0n) is 16.4. The zero-order valence-corrected chi connectivity index (χ0v) is 17.2. The number of amides is 1. The van der Waals surface area contributed by atoms with E-state index in [9.17, 15) is 4.79 Å². The van der Waals surface area contributed by atoms with Gasteiger partial charge in [-0.25, -0.2) is 9.97 Å². The third kappa shape index (κ3) is 3.42. The number of thiophene rings is 1. The lowest BCUT2D eigenvalue weighted by Gasteiger charge is -2.34. The number of aryl methyl sites for hydroxylation is 1. The van der Waals surface area contributed by atoms with E-state index in [0.29, 0.717) is 22.4 Å². The predicted octanol–water partition coefficient (Wildman–Crippen LogP) is 4.64. The third-order valence-corrected chi connectivity index (χ3v) is 6.51. The van der Waals surface area contributed by atoms with E-state index in [4.69, 9.17) is 4.74 Å². The summed E-state index contributed by atoms with van der Waals surface area (Å²) >= 11 is 1.42. The van der Waals surface area contributed by atoms with E-state index in [2.05, 4.69) is 27.1 Å². The highest BCUT2D eigenvalue weighted by Gasteiger charge is 2.25. The number of piperidine rings is 1. The Morgan fingerprint density at radius 1 is 1.32 bits per heavy atom. The van der Waals surface area contributed by atoms with Crippen molar-refractivity contribution in [3.05, 3.63) is 41.0 Å². The Morgan fingerprint density at radius 3 is 2.96 bits per heavy atom. The van der Waals surface area contributed by atoms with Gasteiger partial charge in [0.1, 0.15) is 22.7 Å². The zero-order chi connectivity index (χ0) is 19.7. The summed E-state index contributed by atoms with van der Waals surface area (Å²) in [6, 6.07) is 7.81. The van der Waals surface area contributed by atoms with E-state index >= 15 is 0 Å². The predicted molar refractivity (Wildman–Crippen MR) is 114 cm³/mol. The van der Waals surface area contributed by atoms with E-state index < -0.39 is 0 Å². The summed E-state index contributed by atoms with van der Waals surface area (Å²) < 4.78 is 5.23. The second-order valence-electron chi connectivity index (χ2n) is 7.16. The number of fused-ring (bicyclic) bond motifs is 1. The highest BCUT2D eigenvalue weighted by atomic mass is 32.1. The molecule has 3 aromatic rings. The van der Waals surface area contributed by atoms with Crippen LogP contribution in [-0.2, 0) is 0 Å². The van der Waals surface area contributed by atoms with Crippen molar-refractivity contribution in [1.29, 1.82) is 0 Å². The molecule has 1 unspecified atom stereocenters. The maximum Gasteiger partial charge on any atom is 0.266 e. The molecule has 3 heterocycles. The summed E-state index contributed by atoms with van der Waals surface area (Å²) in [7, 11) is 1.61. The molecule has 0 bridgehead atoms. The lowest BCUT2D eigenvalue weighted by molar-refractivity contribution is 0.103. The van der Waals surface area contributed by atoms with Crippen LogP contribution < -0.4 is 15.0 Å². The van der Waals surface area contributed by atoms with Crippen molar-refractivity contribution in [3.8, 4) is 5.75 Å². The van der Waals surface area contributed by atoms with Gasteiger partial charge in [-0.05, 0) is 50.8 Å². The smallest absolute Gasteiger partial charge is 0.266 e. The summed E-state index contributed by atoms with van der Waals surface area (Å²) in [5.41, 5.74) is 1.64. The van der Waals surface area contributed by atoms with Gasteiger partial charge in [0, 0.05) is 24.3 Å². The average Bonchev–Trinajstić information content (AvgIpc) is 3.05. The molecule has 0 spiro atoms. The maximum atomic E-state index is 13.0.